The smallest absolute Gasteiger partial charge is 0.230 e. The lowest BCUT2D eigenvalue weighted by Crippen LogP contribution is -2.23. The third-order valence-electron chi connectivity index (χ3n) is 4.37. The summed E-state index contributed by atoms with van der Waals surface area (Å²) >= 11 is 1.45. The van der Waals surface area contributed by atoms with Gasteiger partial charge in [-0.25, -0.2) is 13.4 Å². The highest BCUT2D eigenvalue weighted by Gasteiger charge is 2.33. The molecule has 26 heavy (non-hydrogen) atoms. The second-order valence-corrected chi connectivity index (χ2v) is 9.67. The van der Waals surface area contributed by atoms with Crippen LogP contribution >= 0.6 is 11.3 Å². The number of ether oxygens (including phenoxy) is 1. The number of amides is 1. The first-order chi connectivity index (χ1) is 12.4. The lowest BCUT2D eigenvalue weighted by molar-refractivity contribution is -0.119. The molecule has 2 heterocycles. The van der Waals surface area contributed by atoms with E-state index in [1.54, 1.807) is 7.11 Å². The highest BCUT2D eigenvalue weighted by Crippen LogP contribution is 2.33. The number of methoxy groups -OCH3 is 1. The summed E-state index contributed by atoms with van der Waals surface area (Å²) in [5.74, 6) is 0.0440. The van der Waals surface area contributed by atoms with Crippen LogP contribution in [0.4, 0.5) is 5.13 Å². The minimum Gasteiger partial charge on any atom is -0.497 e. The van der Waals surface area contributed by atoms with Crippen molar-refractivity contribution < 1.29 is 17.9 Å². The van der Waals surface area contributed by atoms with Gasteiger partial charge in [0.1, 0.15) is 5.75 Å². The molecular weight excluding hydrogens is 372 g/mol. The molecule has 2 aromatic rings. The van der Waals surface area contributed by atoms with Crippen molar-refractivity contribution in [2.75, 3.05) is 23.9 Å². The molecule has 3 rings (SSSR count). The van der Waals surface area contributed by atoms with E-state index >= 15 is 0 Å². The normalized spacial score (nSPS) is 18.6. The number of carbonyl (C=O) groups excluding carboxylic acids is 1. The number of benzene rings is 1. The van der Waals surface area contributed by atoms with Crippen molar-refractivity contribution in [1.29, 1.82) is 0 Å². The summed E-state index contributed by atoms with van der Waals surface area (Å²) in [6.07, 6.45) is 2.22. The van der Waals surface area contributed by atoms with Crippen LogP contribution in [0.15, 0.2) is 24.3 Å². The monoisotopic (exact) mass is 394 g/mol. The first-order valence-corrected chi connectivity index (χ1v) is 11.2. The van der Waals surface area contributed by atoms with Crippen LogP contribution in [-0.4, -0.2) is 37.9 Å². The van der Waals surface area contributed by atoms with Gasteiger partial charge in [-0.15, -0.1) is 11.3 Å². The Hall–Kier alpha value is -1.93. The average molecular weight is 395 g/mol. The lowest BCUT2D eigenvalue weighted by Gasteiger charge is -2.06. The number of anilines is 1. The van der Waals surface area contributed by atoms with E-state index in [2.05, 4.69) is 17.2 Å². The predicted molar refractivity (Wildman–Crippen MR) is 103 cm³/mol. The Morgan fingerprint density at radius 1 is 1.35 bits per heavy atom. The molecular formula is C18H22N2O4S2. The van der Waals surface area contributed by atoms with E-state index in [4.69, 9.17) is 4.74 Å². The zero-order chi connectivity index (χ0) is 18.7. The Morgan fingerprint density at radius 3 is 2.65 bits per heavy atom. The molecule has 0 bridgehead atoms. The highest BCUT2D eigenvalue weighted by molar-refractivity contribution is 7.91. The van der Waals surface area contributed by atoms with Crippen molar-refractivity contribution in [3.63, 3.8) is 0 Å². The van der Waals surface area contributed by atoms with Gasteiger partial charge in [0.15, 0.2) is 15.0 Å². The van der Waals surface area contributed by atoms with Gasteiger partial charge in [0.2, 0.25) is 5.91 Å². The minimum absolute atomic E-state index is 0.0721. The van der Waals surface area contributed by atoms with Crippen LogP contribution in [-0.2, 0) is 21.1 Å². The van der Waals surface area contributed by atoms with Crippen molar-refractivity contribution in [3.05, 3.63) is 29.1 Å². The molecule has 1 N–H and O–H groups in total. The molecule has 0 spiro atoms. The van der Waals surface area contributed by atoms with Gasteiger partial charge in [-0.3, -0.25) is 4.79 Å². The molecule has 0 saturated carbocycles. The largest absolute Gasteiger partial charge is 0.497 e. The van der Waals surface area contributed by atoms with Crippen LogP contribution in [0.1, 0.15) is 24.6 Å². The van der Waals surface area contributed by atoms with E-state index in [1.165, 1.54) is 11.3 Å². The van der Waals surface area contributed by atoms with Crippen LogP contribution in [0.3, 0.4) is 0 Å². The maximum atomic E-state index is 12.4. The third kappa shape index (κ3) is 4.24. The number of nitrogens with one attached hydrogen (secondary N) is 1. The summed E-state index contributed by atoms with van der Waals surface area (Å²) in [4.78, 5) is 18.1. The maximum Gasteiger partial charge on any atom is 0.230 e. The summed E-state index contributed by atoms with van der Waals surface area (Å²) in [7, 11) is -1.46. The number of hydrogen-bond donors (Lipinski definition) is 1. The Morgan fingerprint density at radius 2 is 2.08 bits per heavy atom. The number of sulfone groups is 1. The third-order valence-corrected chi connectivity index (χ3v) is 7.17. The Balaban J connectivity index is 1.81. The molecule has 1 unspecified atom stereocenters. The molecule has 0 radical (unpaired) electrons. The zero-order valence-electron chi connectivity index (χ0n) is 14.8. The molecule has 0 aliphatic carbocycles. The van der Waals surface area contributed by atoms with Gasteiger partial charge < -0.3 is 10.1 Å². The van der Waals surface area contributed by atoms with Crippen LogP contribution in [0.2, 0.25) is 0 Å². The fraction of sp³-hybridized carbons (Fsp3) is 0.444. The summed E-state index contributed by atoms with van der Waals surface area (Å²) < 4.78 is 28.3. The van der Waals surface area contributed by atoms with Crippen LogP contribution in [0.5, 0.6) is 5.75 Å². The van der Waals surface area contributed by atoms with Gasteiger partial charge in [-0.05, 0) is 37.1 Å². The minimum atomic E-state index is -3.08. The molecule has 1 aromatic carbocycles. The van der Waals surface area contributed by atoms with E-state index in [0.29, 0.717) is 11.6 Å². The standard InChI is InChI=1S/C18H22N2O4S2/c1-3-4-15-16(12-5-7-14(24-2)8-6-12)19-18(25-15)20-17(21)13-9-10-26(22,23)11-13/h5-8,13H,3-4,9-11H2,1-2H3,(H,19,20,21). The van der Waals surface area contributed by atoms with Crippen molar-refractivity contribution in [1.82, 2.24) is 4.98 Å². The Bertz CT molecular complexity index is 888. The molecule has 1 fully saturated rings. The Kier molecular flexibility index (Phi) is 5.62. The predicted octanol–water partition coefficient (Wildman–Crippen LogP) is 3.14. The fourth-order valence-corrected chi connectivity index (χ4v) is 5.82. The van der Waals surface area contributed by atoms with Crippen molar-refractivity contribution in [2.24, 2.45) is 5.92 Å². The van der Waals surface area contributed by atoms with E-state index in [1.807, 2.05) is 24.3 Å². The topological polar surface area (TPSA) is 85.4 Å². The number of carbonyl (C=O) groups is 1. The molecule has 140 valence electrons. The Labute approximate surface area is 157 Å². The lowest BCUT2D eigenvalue weighted by atomic mass is 10.1. The van der Waals surface area contributed by atoms with Gasteiger partial charge in [-0.2, -0.15) is 0 Å². The van der Waals surface area contributed by atoms with Crippen molar-refractivity contribution >= 4 is 32.2 Å². The van der Waals surface area contributed by atoms with Crippen molar-refractivity contribution in [3.8, 4) is 17.0 Å². The molecule has 1 aromatic heterocycles. The number of thiazole rings is 1. The summed E-state index contributed by atoms with van der Waals surface area (Å²) in [5.41, 5.74) is 1.82. The second kappa shape index (κ2) is 7.75. The maximum absolute atomic E-state index is 12.4. The molecule has 8 heteroatoms. The van der Waals surface area contributed by atoms with Gasteiger partial charge in [0.05, 0.1) is 30.2 Å². The second-order valence-electron chi connectivity index (χ2n) is 6.36. The number of aromatic nitrogens is 1. The SMILES string of the molecule is CCCc1sc(NC(=O)C2CCS(=O)(=O)C2)nc1-c1ccc(OC)cc1. The summed E-state index contributed by atoms with van der Waals surface area (Å²) in [5, 5.41) is 3.33. The molecule has 1 amide bonds. The average Bonchev–Trinajstić information content (AvgIpc) is 3.18. The van der Waals surface area contributed by atoms with E-state index < -0.39 is 15.8 Å². The van der Waals surface area contributed by atoms with Crippen molar-refractivity contribution in [2.45, 2.75) is 26.2 Å². The number of hydrogen-bond acceptors (Lipinski definition) is 6. The fourth-order valence-electron chi connectivity index (χ4n) is 2.99. The summed E-state index contributed by atoms with van der Waals surface area (Å²) in [6.45, 7) is 2.10. The number of aryl methyl sites for hydroxylation is 1. The zero-order valence-corrected chi connectivity index (χ0v) is 16.5. The summed E-state index contributed by atoms with van der Waals surface area (Å²) in [6, 6.07) is 7.66. The van der Waals surface area contributed by atoms with Crippen LogP contribution in [0, 0.1) is 5.92 Å². The molecule has 6 nitrogen and oxygen atoms in total. The molecule has 1 saturated heterocycles. The van der Waals surface area contributed by atoms with Gasteiger partial charge in [-0.1, -0.05) is 13.3 Å². The first-order valence-electron chi connectivity index (χ1n) is 8.57. The number of nitrogens with zero attached hydrogens (tertiary/aromatic N) is 1. The van der Waals surface area contributed by atoms with Gasteiger partial charge in [0, 0.05) is 10.4 Å². The van der Waals surface area contributed by atoms with E-state index in [9.17, 15) is 13.2 Å². The van der Waals surface area contributed by atoms with Crippen LogP contribution in [0.25, 0.3) is 11.3 Å². The number of rotatable bonds is 6. The van der Waals surface area contributed by atoms with Gasteiger partial charge >= 0.3 is 0 Å². The quantitative estimate of drug-likeness (QED) is 0.813. The van der Waals surface area contributed by atoms with E-state index in [0.717, 1.165) is 34.7 Å². The molecule has 1 aliphatic heterocycles. The van der Waals surface area contributed by atoms with Gasteiger partial charge in [0.25, 0.3) is 0 Å². The highest BCUT2D eigenvalue weighted by atomic mass is 32.2. The van der Waals surface area contributed by atoms with Crippen LogP contribution < -0.4 is 10.1 Å². The molecule has 1 aliphatic rings. The van der Waals surface area contributed by atoms with E-state index in [-0.39, 0.29) is 17.4 Å². The molecule has 1 atom stereocenters. The first kappa shape index (κ1) is 18.8.